The Balaban J connectivity index is 0.00000288. The second kappa shape index (κ2) is 8.54. The van der Waals surface area contributed by atoms with Gasteiger partial charge in [-0.2, -0.15) is 0 Å². The van der Waals surface area contributed by atoms with Gasteiger partial charge >= 0.3 is 5.17 Å². The van der Waals surface area contributed by atoms with Gasteiger partial charge in [-0.15, -0.1) is 0 Å². The maximum atomic E-state index is 12.9. The molecule has 0 atom stereocenters. The van der Waals surface area contributed by atoms with Crippen LogP contribution in [0.3, 0.4) is 0 Å². The van der Waals surface area contributed by atoms with E-state index in [9.17, 15) is 4.39 Å². The molecule has 0 saturated carbocycles. The minimum atomic E-state index is -0.251. The summed E-state index contributed by atoms with van der Waals surface area (Å²) in [6, 6.07) is 6.20. The van der Waals surface area contributed by atoms with Crippen LogP contribution in [0, 0.1) is 40.4 Å². The molecule has 0 spiro atoms. The van der Waals surface area contributed by atoms with E-state index in [4.69, 9.17) is 5.73 Å². The fraction of sp³-hybridized carbons (Fsp3) is 0.316. The SMILES string of the molecule is Cc1c(C)c(C)c(CSC(N)=[NH+]c2ccc(F)cc2)c(C)c1C.[Cl-]. The van der Waals surface area contributed by atoms with Crippen LogP contribution in [0.1, 0.15) is 33.4 Å². The molecule has 130 valence electrons. The summed E-state index contributed by atoms with van der Waals surface area (Å²) in [7, 11) is 0. The van der Waals surface area contributed by atoms with Gasteiger partial charge < -0.3 is 12.4 Å². The van der Waals surface area contributed by atoms with Gasteiger partial charge in [-0.05, 0) is 104 Å². The maximum absolute atomic E-state index is 12.9. The van der Waals surface area contributed by atoms with Gasteiger partial charge in [0.2, 0.25) is 0 Å². The summed E-state index contributed by atoms with van der Waals surface area (Å²) < 4.78 is 12.9. The summed E-state index contributed by atoms with van der Waals surface area (Å²) in [5.41, 5.74) is 15.0. The predicted octanol–water partition coefficient (Wildman–Crippen LogP) is 0.332. The molecule has 5 heteroatoms. The van der Waals surface area contributed by atoms with Gasteiger partial charge in [0.25, 0.3) is 0 Å². The maximum Gasteiger partial charge on any atom is 0.307 e. The lowest BCUT2D eigenvalue weighted by atomic mass is 9.90. The molecule has 0 heterocycles. The Bertz CT molecular complexity index is 726. The molecular formula is C19H24ClFN2S. The average Bonchev–Trinajstić information content (AvgIpc) is 2.53. The third-order valence-corrected chi connectivity index (χ3v) is 5.49. The van der Waals surface area contributed by atoms with Crippen LogP contribution in [-0.2, 0) is 5.75 Å². The van der Waals surface area contributed by atoms with Crippen molar-refractivity contribution in [1.29, 1.82) is 0 Å². The zero-order chi connectivity index (χ0) is 17.1. The van der Waals surface area contributed by atoms with Crippen LogP contribution in [0.2, 0.25) is 0 Å². The Morgan fingerprint density at radius 1 is 0.917 bits per heavy atom. The van der Waals surface area contributed by atoms with Gasteiger partial charge in [-0.1, -0.05) is 0 Å². The second-order valence-electron chi connectivity index (χ2n) is 5.89. The van der Waals surface area contributed by atoms with E-state index < -0.39 is 0 Å². The minimum absolute atomic E-state index is 0. The zero-order valence-electron chi connectivity index (χ0n) is 14.8. The molecule has 3 N–H and O–H groups in total. The topological polar surface area (TPSA) is 40.0 Å². The third kappa shape index (κ3) is 4.52. The quantitative estimate of drug-likeness (QED) is 0.607. The number of benzene rings is 2. The molecule has 0 amide bonds. The fourth-order valence-corrected chi connectivity index (χ4v) is 3.58. The highest BCUT2D eigenvalue weighted by Gasteiger charge is 2.13. The van der Waals surface area contributed by atoms with Crippen molar-refractivity contribution in [2.45, 2.75) is 40.4 Å². The van der Waals surface area contributed by atoms with Gasteiger partial charge in [0.05, 0.1) is 0 Å². The molecule has 0 aliphatic rings. The Labute approximate surface area is 154 Å². The van der Waals surface area contributed by atoms with E-state index in [1.807, 2.05) is 0 Å². The van der Waals surface area contributed by atoms with Crippen LogP contribution in [0.4, 0.5) is 10.1 Å². The molecule has 0 fully saturated rings. The van der Waals surface area contributed by atoms with Crippen LogP contribution in [0.15, 0.2) is 24.3 Å². The highest BCUT2D eigenvalue weighted by molar-refractivity contribution is 8.12. The Hall–Kier alpha value is -1.52. The summed E-state index contributed by atoms with van der Waals surface area (Å²) in [4.78, 5) is 3.11. The lowest BCUT2D eigenvalue weighted by molar-refractivity contribution is -0.351. The van der Waals surface area contributed by atoms with Gasteiger partial charge in [0.1, 0.15) is 11.5 Å². The summed E-state index contributed by atoms with van der Waals surface area (Å²) >= 11 is 1.57. The number of amidine groups is 1. The van der Waals surface area contributed by atoms with Gasteiger partial charge in [-0.3, -0.25) is 5.73 Å². The molecular weight excluding hydrogens is 343 g/mol. The summed E-state index contributed by atoms with van der Waals surface area (Å²) in [5, 5.41) is 0.617. The molecule has 0 unspecified atom stereocenters. The largest absolute Gasteiger partial charge is 1.00 e. The molecule has 2 aromatic rings. The van der Waals surface area contributed by atoms with Crippen molar-refractivity contribution < 1.29 is 21.8 Å². The normalized spacial score (nSPS) is 11.3. The van der Waals surface area contributed by atoms with Crippen molar-refractivity contribution in [3.05, 3.63) is 63.5 Å². The van der Waals surface area contributed by atoms with Crippen molar-refractivity contribution in [2.24, 2.45) is 5.73 Å². The van der Waals surface area contributed by atoms with Crippen molar-refractivity contribution in [2.75, 3.05) is 0 Å². The molecule has 2 rings (SSSR count). The molecule has 0 radical (unpaired) electrons. The van der Waals surface area contributed by atoms with E-state index in [1.165, 1.54) is 45.5 Å². The van der Waals surface area contributed by atoms with E-state index in [2.05, 4.69) is 39.6 Å². The number of hydrogen-bond acceptors (Lipinski definition) is 1. The smallest absolute Gasteiger partial charge is 0.307 e. The lowest BCUT2D eigenvalue weighted by Gasteiger charge is -2.17. The van der Waals surface area contributed by atoms with Crippen LogP contribution in [-0.4, -0.2) is 5.17 Å². The monoisotopic (exact) mass is 366 g/mol. The van der Waals surface area contributed by atoms with Crippen molar-refractivity contribution in [1.82, 2.24) is 0 Å². The second-order valence-corrected chi connectivity index (χ2v) is 6.91. The van der Waals surface area contributed by atoms with Crippen molar-refractivity contribution in [3.8, 4) is 0 Å². The number of nitrogens with two attached hydrogens (primary N) is 1. The molecule has 0 aliphatic heterocycles. The zero-order valence-corrected chi connectivity index (χ0v) is 16.3. The fourth-order valence-electron chi connectivity index (χ4n) is 2.66. The molecule has 0 bridgehead atoms. The van der Waals surface area contributed by atoms with E-state index in [1.54, 1.807) is 23.9 Å². The van der Waals surface area contributed by atoms with Crippen LogP contribution >= 0.6 is 11.8 Å². The summed E-state index contributed by atoms with van der Waals surface area (Å²) in [6.45, 7) is 10.9. The molecule has 2 aromatic carbocycles. The minimum Gasteiger partial charge on any atom is -1.00 e. The van der Waals surface area contributed by atoms with E-state index in [-0.39, 0.29) is 18.2 Å². The first-order valence-corrected chi connectivity index (χ1v) is 8.63. The van der Waals surface area contributed by atoms with Crippen LogP contribution in [0.5, 0.6) is 0 Å². The first-order chi connectivity index (χ1) is 10.8. The van der Waals surface area contributed by atoms with Crippen molar-refractivity contribution >= 4 is 22.6 Å². The van der Waals surface area contributed by atoms with E-state index in [0.717, 1.165) is 11.4 Å². The highest BCUT2D eigenvalue weighted by Crippen LogP contribution is 2.28. The average molecular weight is 367 g/mol. The summed E-state index contributed by atoms with van der Waals surface area (Å²) in [5.74, 6) is 0.568. The number of nitrogens with one attached hydrogen (secondary N) is 1. The third-order valence-electron chi connectivity index (χ3n) is 4.64. The van der Waals surface area contributed by atoms with Gasteiger partial charge in [0.15, 0.2) is 0 Å². The first kappa shape index (κ1) is 20.5. The predicted molar refractivity (Wildman–Crippen MR) is 97.6 cm³/mol. The molecule has 0 aromatic heterocycles. The van der Waals surface area contributed by atoms with Gasteiger partial charge in [-0.25, -0.2) is 9.38 Å². The number of thioether (sulfide) groups is 1. The Morgan fingerprint density at radius 3 is 1.88 bits per heavy atom. The highest BCUT2D eigenvalue weighted by atomic mass is 35.5. The number of rotatable bonds is 3. The van der Waals surface area contributed by atoms with Gasteiger partial charge in [0, 0.05) is 5.75 Å². The van der Waals surface area contributed by atoms with Crippen LogP contribution < -0.4 is 23.1 Å². The van der Waals surface area contributed by atoms with Crippen molar-refractivity contribution in [3.63, 3.8) is 0 Å². The lowest BCUT2D eigenvalue weighted by Crippen LogP contribution is -3.00. The van der Waals surface area contributed by atoms with Crippen LogP contribution in [0.25, 0.3) is 0 Å². The Kier molecular flexibility index (Phi) is 7.30. The molecule has 0 aliphatic carbocycles. The standard InChI is InChI=1S/C19H23FN2S.ClH/c1-11-12(2)14(4)18(15(5)13(11)3)10-23-19(21)22-17-8-6-16(20)7-9-17;/h6-9H,10H2,1-5H3,(H2,21,22);1H. The Morgan fingerprint density at radius 2 is 1.38 bits per heavy atom. The molecule has 24 heavy (non-hydrogen) atoms. The number of halogens is 2. The number of hydrogen-bond donors (Lipinski definition) is 2. The molecule has 0 saturated heterocycles. The van der Waals surface area contributed by atoms with E-state index in [0.29, 0.717) is 5.17 Å². The first-order valence-electron chi connectivity index (χ1n) is 7.65. The summed E-state index contributed by atoms with van der Waals surface area (Å²) in [6.07, 6.45) is 0. The van der Waals surface area contributed by atoms with E-state index >= 15 is 0 Å². The molecule has 2 nitrogen and oxygen atoms in total.